The molecule has 0 heterocycles. The van der Waals surface area contributed by atoms with Gasteiger partial charge < -0.3 is 15.7 Å². The molecular weight excluding hydrogens is 425 g/mol. The first-order valence-corrected chi connectivity index (χ1v) is 8.37. The summed E-state index contributed by atoms with van der Waals surface area (Å²) in [6, 6.07) is 12.3. The van der Waals surface area contributed by atoms with Gasteiger partial charge in [0.15, 0.2) is 5.96 Å². The number of hydrogen-bond donors (Lipinski definition) is 3. The number of halogens is 1. The van der Waals surface area contributed by atoms with Gasteiger partial charge in [-0.2, -0.15) is 0 Å². The van der Waals surface area contributed by atoms with Crippen molar-refractivity contribution in [1.82, 2.24) is 10.6 Å². The van der Waals surface area contributed by atoms with Crippen molar-refractivity contribution in [2.24, 2.45) is 4.99 Å². The number of aryl methyl sites for hydroxylation is 3. The number of nitrogens with zero attached hydrogens (tertiary/aromatic N) is 1. The Hall–Kier alpha value is -1.76. The predicted octanol–water partition coefficient (Wildman–Crippen LogP) is 4.19. The monoisotopic (exact) mass is 453 g/mol. The van der Waals surface area contributed by atoms with Gasteiger partial charge in [-0.3, -0.25) is 0 Å². The van der Waals surface area contributed by atoms with Gasteiger partial charge >= 0.3 is 0 Å². The van der Waals surface area contributed by atoms with Gasteiger partial charge in [0.1, 0.15) is 5.75 Å². The van der Waals surface area contributed by atoms with Gasteiger partial charge in [-0.15, -0.1) is 24.0 Å². The standard InChI is InChI=1S/C20H27N3O.HI/c1-5-21-20(23-13-18-9-7-6-8-14(18)2)22-12-17-10-15(3)19(24)16(4)11-17;/h6-11,24H,5,12-13H2,1-4H3,(H2,21,22,23);1H. The minimum Gasteiger partial charge on any atom is -0.507 e. The molecule has 0 bridgehead atoms. The van der Waals surface area contributed by atoms with Crippen LogP contribution in [0.1, 0.15) is 34.7 Å². The Balaban J connectivity index is 0.00000312. The van der Waals surface area contributed by atoms with Crippen molar-refractivity contribution in [2.75, 3.05) is 6.54 Å². The first kappa shape index (κ1) is 21.3. The van der Waals surface area contributed by atoms with E-state index in [4.69, 9.17) is 0 Å². The van der Waals surface area contributed by atoms with Crippen LogP contribution in [0.5, 0.6) is 5.75 Å². The van der Waals surface area contributed by atoms with Crippen molar-refractivity contribution in [3.05, 3.63) is 64.2 Å². The lowest BCUT2D eigenvalue weighted by atomic mass is 10.1. The lowest BCUT2D eigenvalue weighted by molar-refractivity contribution is 0.466. The van der Waals surface area contributed by atoms with Crippen LogP contribution in [0.4, 0.5) is 0 Å². The number of guanidine groups is 1. The van der Waals surface area contributed by atoms with E-state index in [0.717, 1.165) is 35.7 Å². The van der Waals surface area contributed by atoms with Gasteiger partial charge in [-0.25, -0.2) is 4.99 Å². The van der Waals surface area contributed by atoms with Crippen LogP contribution in [0, 0.1) is 20.8 Å². The Morgan fingerprint density at radius 3 is 2.24 bits per heavy atom. The summed E-state index contributed by atoms with van der Waals surface area (Å²) in [7, 11) is 0. The van der Waals surface area contributed by atoms with Crippen LogP contribution in [0.2, 0.25) is 0 Å². The van der Waals surface area contributed by atoms with Gasteiger partial charge in [0.2, 0.25) is 0 Å². The summed E-state index contributed by atoms with van der Waals surface area (Å²) in [6.07, 6.45) is 0. The normalized spacial score (nSPS) is 11.0. The molecule has 0 radical (unpaired) electrons. The third-order valence-corrected chi connectivity index (χ3v) is 4.02. The number of phenols is 1. The van der Waals surface area contributed by atoms with E-state index in [1.807, 2.05) is 32.0 Å². The number of aromatic hydroxyl groups is 1. The predicted molar refractivity (Wildman–Crippen MR) is 116 cm³/mol. The fraction of sp³-hybridized carbons (Fsp3) is 0.350. The zero-order chi connectivity index (χ0) is 17.5. The molecule has 3 N–H and O–H groups in total. The largest absolute Gasteiger partial charge is 0.507 e. The molecule has 5 heteroatoms. The quantitative estimate of drug-likeness (QED) is 0.362. The molecule has 0 aliphatic carbocycles. The summed E-state index contributed by atoms with van der Waals surface area (Å²) in [5.41, 5.74) is 5.40. The second-order valence-corrected chi connectivity index (χ2v) is 6.05. The average molecular weight is 453 g/mol. The highest BCUT2D eigenvalue weighted by Crippen LogP contribution is 2.23. The molecule has 4 nitrogen and oxygen atoms in total. The van der Waals surface area contributed by atoms with Crippen LogP contribution in [-0.4, -0.2) is 17.6 Å². The third kappa shape index (κ3) is 6.23. The van der Waals surface area contributed by atoms with Crippen molar-refractivity contribution < 1.29 is 5.11 Å². The summed E-state index contributed by atoms with van der Waals surface area (Å²) in [4.78, 5) is 4.65. The van der Waals surface area contributed by atoms with Crippen LogP contribution in [0.3, 0.4) is 0 Å². The maximum Gasteiger partial charge on any atom is 0.191 e. The molecule has 2 aromatic rings. The highest BCUT2D eigenvalue weighted by atomic mass is 127. The van der Waals surface area contributed by atoms with Gasteiger partial charge in [-0.05, 0) is 55.5 Å². The highest BCUT2D eigenvalue weighted by molar-refractivity contribution is 14.0. The number of hydrogen-bond acceptors (Lipinski definition) is 2. The molecule has 0 aromatic heterocycles. The minimum atomic E-state index is 0. The smallest absolute Gasteiger partial charge is 0.191 e. The van der Waals surface area contributed by atoms with Gasteiger partial charge in [0.25, 0.3) is 0 Å². The van der Waals surface area contributed by atoms with Crippen molar-refractivity contribution in [2.45, 2.75) is 40.8 Å². The van der Waals surface area contributed by atoms with Crippen molar-refractivity contribution in [3.8, 4) is 5.75 Å². The fourth-order valence-corrected chi connectivity index (χ4v) is 2.64. The van der Waals surface area contributed by atoms with Crippen LogP contribution >= 0.6 is 24.0 Å². The number of benzene rings is 2. The van der Waals surface area contributed by atoms with E-state index >= 15 is 0 Å². The Morgan fingerprint density at radius 2 is 1.64 bits per heavy atom. The first-order chi connectivity index (χ1) is 11.5. The van der Waals surface area contributed by atoms with E-state index in [-0.39, 0.29) is 24.0 Å². The molecule has 2 aromatic carbocycles. The van der Waals surface area contributed by atoms with Crippen LogP contribution in [0.25, 0.3) is 0 Å². The van der Waals surface area contributed by atoms with E-state index in [9.17, 15) is 5.11 Å². The summed E-state index contributed by atoms with van der Waals surface area (Å²) in [5.74, 6) is 1.16. The molecule has 136 valence electrons. The molecule has 0 aliphatic heterocycles. The zero-order valence-electron chi connectivity index (χ0n) is 15.4. The zero-order valence-corrected chi connectivity index (χ0v) is 17.7. The summed E-state index contributed by atoms with van der Waals surface area (Å²) in [6.45, 7) is 10.1. The average Bonchev–Trinajstić information content (AvgIpc) is 2.56. The van der Waals surface area contributed by atoms with Crippen LogP contribution < -0.4 is 10.6 Å². The summed E-state index contributed by atoms with van der Waals surface area (Å²) >= 11 is 0. The second-order valence-electron chi connectivity index (χ2n) is 6.05. The lowest BCUT2D eigenvalue weighted by Gasteiger charge is -2.13. The molecule has 0 atom stereocenters. The number of phenolic OH excluding ortho intramolecular Hbond substituents is 1. The van der Waals surface area contributed by atoms with E-state index in [2.05, 4.69) is 47.7 Å². The lowest BCUT2D eigenvalue weighted by Crippen LogP contribution is -2.36. The van der Waals surface area contributed by atoms with E-state index in [0.29, 0.717) is 12.3 Å². The van der Waals surface area contributed by atoms with E-state index < -0.39 is 0 Å². The second kappa shape index (κ2) is 10.3. The molecule has 0 fully saturated rings. The highest BCUT2D eigenvalue weighted by Gasteiger charge is 2.04. The van der Waals surface area contributed by atoms with Crippen molar-refractivity contribution in [3.63, 3.8) is 0 Å². The molecule has 0 spiro atoms. The van der Waals surface area contributed by atoms with E-state index in [1.54, 1.807) is 0 Å². The third-order valence-electron chi connectivity index (χ3n) is 4.02. The first-order valence-electron chi connectivity index (χ1n) is 8.37. The summed E-state index contributed by atoms with van der Waals surface area (Å²) in [5, 5.41) is 16.5. The topological polar surface area (TPSA) is 56.7 Å². The van der Waals surface area contributed by atoms with Gasteiger partial charge in [-0.1, -0.05) is 36.4 Å². The van der Waals surface area contributed by atoms with Gasteiger partial charge in [0.05, 0.1) is 6.54 Å². The SMILES string of the molecule is CCNC(=NCc1cc(C)c(O)c(C)c1)NCc1ccccc1C.I. The molecule has 0 saturated carbocycles. The Labute approximate surface area is 167 Å². The van der Waals surface area contributed by atoms with Crippen LogP contribution in [-0.2, 0) is 13.1 Å². The minimum absolute atomic E-state index is 0. The summed E-state index contributed by atoms with van der Waals surface area (Å²) < 4.78 is 0. The maximum absolute atomic E-state index is 9.87. The molecule has 25 heavy (non-hydrogen) atoms. The molecule has 0 saturated heterocycles. The van der Waals surface area contributed by atoms with Crippen molar-refractivity contribution in [1.29, 1.82) is 0 Å². The molecule has 0 unspecified atom stereocenters. The Bertz CT molecular complexity index is 706. The Kier molecular flexibility index (Phi) is 8.75. The molecule has 0 aliphatic rings. The maximum atomic E-state index is 9.87. The Morgan fingerprint density at radius 1 is 1.00 bits per heavy atom. The molecule has 0 amide bonds. The molecule has 2 rings (SSSR count). The van der Waals surface area contributed by atoms with Gasteiger partial charge in [0, 0.05) is 13.1 Å². The number of aliphatic imine (C=N–C) groups is 1. The number of rotatable bonds is 5. The van der Waals surface area contributed by atoms with E-state index in [1.165, 1.54) is 11.1 Å². The number of nitrogens with one attached hydrogen (secondary N) is 2. The van der Waals surface area contributed by atoms with Crippen molar-refractivity contribution >= 4 is 29.9 Å². The molecular formula is C20H28IN3O. The fourth-order valence-electron chi connectivity index (χ4n) is 2.64. The van der Waals surface area contributed by atoms with Crippen LogP contribution in [0.15, 0.2) is 41.4 Å².